The van der Waals surface area contributed by atoms with Gasteiger partial charge in [0.15, 0.2) is 7.28 Å². The van der Waals surface area contributed by atoms with Gasteiger partial charge in [0.05, 0.1) is 12.6 Å². The molecule has 94 valence electrons. The van der Waals surface area contributed by atoms with Crippen LogP contribution in [0.25, 0.3) is 0 Å². The van der Waals surface area contributed by atoms with E-state index < -0.39 is 18.3 Å². The average Bonchev–Trinajstić information content (AvgIpc) is 2.19. The number of hydrogen-bond donors (Lipinski definition) is 3. The molecule has 3 N–H and O–H groups in total. The Morgan fingerprint density at radius 2 is 1.88 bits per heavy atom. The molecule has 1 aliphatic heterocycles. The van der Waals surface area contributed by atoms with Gasteiger partial charge in [0.1, 0.15) is 18.3 Å². The average molecular weight is 230 g/mol. The van der Waals surface area contributed by atoms with Crippen LogP contribution in [-0.4, -0.2) is 53.5 Å². The first-order valence-electron chi connectivity index (χ1n) is 6.03. The summed E-state index contributed by atoms with van der Waals surface area (Å²) in [6.45, 7) is 6.48. The maximum atomic E-state index is 9.80. The molecule has 0 aromatic carbocycles. The number of aliphatic hydroxyl groups is 3. The van der Waals surface area contributed by atoms with E-state index in [1.165, 1.54) is 0 Å². The van der Waals surface area contributed by atoms with E-state index in [1.54, 1.807) is 0 Å². The first-order valence-corrected chi connectivity index (χ1v) is 6.03. The van der Waals surface area contributed by atoms with Crippen LogP contribution in [-0.2, 0) is 4.74 Å². The molecule has 0 aromatic rings. The minimum Gasteiger partial charge on any atom is -0.388 e. The lowest BCUT2D eigenvalue weighted by atomic mass is 9.47. The van der Waals surface area contributed by atoms with Gasteiger partial charge in [0.25, 0.3) is 0 Å². The third kappa shape index (κ3) is 3.45. The Labute approximate surface area is 97.9 Å². The van der Waals surface area contributed by atoms with Gasteiger partial charge in [0.2, 0.25) is 0 Å². The lowest BCUT2D eigenvalue weighted by Crippen LogP contribution is -2.56. The first-order chi connectivity index (χ1) is 7.37. The largest absolute Gasteiger partial charge is 0.388 e. The van der Waals surface area contributed by atoms with Gasteiger partial charge in [-0.25, -0.2) is 0 Å². The summed E-state index contributed by atoms with van der Waals surface area (Å²) in [5, 5.41) is 28.8. The van der Waals surface area contributed by atoms with Gasteiger partial charge < -0.3 is 20.1 Å². The van der Waals surface area contributed by atoms with Gasteiger partial charge in [-0.2, -0.15) is 0 Å². The second kappa shape index (κ2) is 5.49. The van der Waals surface area contributed by atoms with Crippen molar-refractivity contribution in [2.45, 2.75) is 63.2 Å². The number of ether oxygens (including phenoxy) is 1. The van der Waals surface area contributed by atoms with Crippen LogP contribution in [0.1, 0.15) is 33.6 Å². The Kier molecular flexibility index (Phi) is 4.80. The molecule has 1 saturated heterocycles. The molecule has 4 unspecified atom stereocenters. The molecule has 0 radical (unpaired) electrons. The second-order valence-electron chi connectivity index (χ2n) is 5.54. The maximum absolute atomic E-state index is 9.80. The molecule has 0 saturated carbocycles. The monoisotopic (exact) mass is 230 g/mol. The van der Waals surface area contributed by atoms with Crippen molar-refractivity contribution in [2.24, 2.45) is 0 Å². The number of hydrogen-bond acceptors (Lipinski definition) is 4. The lowest BCUT2D eigenvalue weighted by Gasteiger charge is -2.38. The van der Waals surface area contributed by atoms with Crippen LogP contribution >= 0.6 is 0 Å². The van der Waals surface area contributed by atoms with Crippen molar-refractivity contribution >= 4 is 7.28 Å². The maximum Gasteiger partial charge on any atom is 0.167 e. The molecule has 0 aromatic heterocycles. The van der Waals surface area contributed by atoms with E-state index >= 15 is 0 Å². The minimum atomic E-state index is -1.09. The van der Waals surface area contributed by atoms with Crippen molar-refractivity contribution in [3.8, 4) is 0 Å². The fourth-order valence-corrected chi connectivity index (χ4v) is 2.37. The Morgan fingerprint density at radius 1 is 1.25 bits per heavy atom. The van der Waals surface area contributed by atoms with Gasteiger partial charge >= 0.3 is 0 Å². The molecular formula is C11H23BO4. The summed E-state index contributed by atoms with van der Waals surface area (Å²) in [6, 6.07) is -0.375. The van der Waals surface area contributed by atoms with Crippen LogP contribution in [0.4, 0.5) is 0 Å². The fourth-order valence-electron chi connectivity index (χ4n) is 2.37. The van der Waals surface area contributed by atoms with Crippen molar-refractivity contribution in [3.63, 3.8) is 0 Å². The molecule has 0 spiro atoms. The minimum absolute atomic E-state index is 0.0857. The lowest BCUT2D eigenvalue weighted by molar-refractivity contribution is -0.165. The van der Waals surface area contributed by atoms with E-state index in [0.29, 0.717) is 7.28 Å². The van der Waals surface area contributed by atoms with Gasteiger partial charge in [-0.1, -0.05) is 38.9 Å². The van der Waals surface area contributed by atoms with Crippen molar-refractivity contribution < 1.29 is 20.1 Å². The summed E-state index contributed by atoms with van der Waals surface area (Å²) in [7, 11) is 0.700. The Morgan fingerprint density at radius 3 is 2.44 bits per heavy atom. The van der Waals surface area contributed by atoms with Crippen LogP contribution in [0.3, 0.4) is 0 Å². The van der Waals surface area contributed by atoms with Gasteiger partial charge in [-0.15, -0.1) is 0 Å². The zero-order valence-electron chi connectivity index (χ0n) is 10.4. The molecule has 1 aliphatic rings. The van der Waals surface area contributed by atoms with Crippen LogP contribution in [0.5, 0.6) is 0 Å². The standard InChI is InChI=1S/C11H23BO4/c1-4-5-11(2,3)12-10-9(15)8(14)7(13)6-16-10/h7-10,12-15H,4-6H2,1-3H3. The second-order valence-corrected chi connectivity index (χ2v) is 5.54. The van der Waals surface area contributed by atoms with E-state index in [1.807, 2.05) is 0 Å². The van der Waals surface area contributed by atoms with E-state index in [0.717, 1.165) is 12.8 Å². The Balaban J connectivity index is 2.54. The molecule has 5 heteroatoms. The highest BCUT2D eigenvalue weighted by Crippen LogP contribution is 2.32. The smallest absolute Gasteiger partial charge is 0.167 e. The zero-order valence-corrected chi connectivity index (χ0v) is 10.4. The van der Waals surface area contributed by atoms with E-state index in [2.05, 4.69) is 20.8 Å². The third-order valence-corrected chi connectivity index (χ3v) is 3.29. The molecule has 1 fully saturated rings. The molecule has 4 atom stereocenters. The quantitative estimate of drug-likeness (QED) is 0.588. The molecule has 0 amide bonds. The van der Waals surface area contributed by atoms with Crippen LogP contribution in [0.2, 0.25) is 5.31 Å². The molecule has 4 nitrogen and oxygen atoms in total. The zero-order chi connectivity index (χ0) is 12.3. The number of aliphatic hydroxyl groups excluding tert-OH is 3. The van der Waals surface area contributed by atoms with Gasteiger partial charge in [-0.05, 0) is 0 Å². The van der Waals surface area contributed by atoms with E-state index in [4.69, 9.17) is 4.74 Å². The Bertz CT molecular complexity index is 222. The molecule has 16 heavy (non-hydrogen) atoms. The highest BCUT2D eigenvalue weighted by Gasteiger charge is 2.40. The van der Waals surface area contributed by atoms with Crippen molar-refractivity contribution in [3.05, 3.63) is 0 Å². The van der Waals surface area contributed by atoms with Crippen molar-refractivity contribution in [1.82, 2.24) is 0 Å². The third-order valence-electron chi connectivity index (χ3n) is 3.29. The highest BCUT2D eigenvalue weighted by molar-refractivity contribution is 6.41. The van der Waals surface area contributed by atoms with Gasteiger partial charge in [0, 0.05) is 0 Å². The molecule has 0 aliphatic carbocycles. The van der Waals surface area contributed by atoms with E-state index in [-0.39, 0.29) is 17.9 Å². The normalized spacial score (nSPS) is 36.1. The van der Waals surface area contributed by atoms with E-state index in [9.17, 15) is 15.3 Å². The van der Waals surface area contributed by atoms with Crippen LogP contribution in [0, 0.1) is 0 Å². The Hall–Kier alpha value is -0.0951. The molecule has 0 bridgehead atoms. The molecule has 1 heterocycles. The molecule has 1 rings (SSSR count). The summed E-state index contributed by atoms with van der Waals surface area (Å²) in [4.78, 5) is 0. The summed E-state index contributed by atoms with van der Waals surface area (Å²) in [5.41, 5.74) is 0. The van der Waals surface area contributed by atoms with Crippen LogP contribution < -0.4 is 0 Å². The van der Waals surface area contributed by atoms with Crippen molar-refractivity contribution in [2.75, 3.05) is 6.61 Å². The predicted octanol–water partition coefficient (Wildman–Crippen LogP) is -0.139. The summed E-state index contributed by atoms with van der Waals surface area (Å²) < 4.78 is 5.40. The van der Waals surface area contributed by atoms with Gasteiger partial charge in [-0.3, -0.25) is 0 Å². The molecular weight excluding hydrogens is 207 g/mol. The van der Waals surface area contributed by atoms with Crippen molar-refractivity contribution in [1.29, 1.82) is 0 Å². The SMILES string of the molecule is CCCC(C)(C)BC1OCC(O)C(O)C1O. The summed E-state index contributed by atoms with van der Waals surface area (Å²) >= 11 is 0. The number of rotatable bonds is 4. The highest BCUT2D eigenvalue weighted by atomic mass is 16.5. The summed E-state index contributed by atoms with van der Waals surface area (Å²) in [5.74, 6) is 0. The first kappa shape index (κ1) is 14.0. The predicted molar refractivity (Wildman–Crippen MR) is 63.9 cm³/mol. The van der Waals surface area contributed by atoms with Crippen LogP contribution in [0.15, 0.2) is 0 Å². The topological polar surface area (TPSA) is 69.9 Å². The summed E-state index contributed by atoms with van der Waals surface area (Å²) in [6.07, 6.45) is -0.907. The fraction of sp³-hybridized carbons (Fsp3) is 1.00.